The Bertz CT molecular complexity index is 1070. The van der Waals surface area contributed by atoms with Crippen molar-refractivity contribution in [1.82, 2.24) is 4.98 Å². The van der Waals surface area contributed by atoms with Gasteiger partial charge in [0, 0.05) is 17.5 Å². The first-order valence-electron chi connectivity index (χ1n) is 9.74. The summed E-state index contributed by atoms with van der Waals surface area (Å²) in [5.41, 5.74) is 1.13. The molecule has 4 nitrogen and oxygen atoms in total. The second-order valence-electron chi connectivity index (χ2n) is 7.46. The lowest BCUT2D eigenvalue weighted by molar-refractivity contribution is -0.274. The lowest BCUT2D eigenvalue weighted by atomic mass is 9.90. The molecule has 1 heterocycles. The third kappa shape index (κ3) is 4.90. The molecule has 3 aromatic rings. The van der Waals surface area contributed by atoms with Crippen LogP contribution in [0.3, 0.4) is 0 Å². The van der Waals surface area contributed by atoms with Gasteiger partial charge in [-0.15, -0.1) is 24.5 Å². The Morgan fingerprint density at radius 3 is 2.48 bits per heavy atom. The van der Waals surface area contributed by atoms with E-state index in [4.69, 9.17) is 4.74 Å². The summed E-state index contributed by atoms with van der Waals surface area (Å²) in [5.74, 6) is 0.555. The molecular formula is C23H20F3NO3S. The Labute approximate surface area is 181 Å². The van der Waals surface area contributed by atoms with Gasteiger partial charge in [-0.3, -0.25) is 4.79 Å². The number of ketones is 1. The van der Waals surface area contributed by atoms with Crippen molar-refractivity contribution < 1.29 is 27.4 Å². The number of carbonyl (C=O) groups excluding carboxylic acids is 1. The van der Waals surface area contributed by atoms with Crippen molar-refractivity contribution in [3.63, 3.8) is 0 Å². The van der Waals surface area contributed by atoms with Crippen LogP contribution in [0.4, 0.5) is 13.2 Å². The maximum Gasteiger partial charge on any atom is 0.573 e. The number of rotatable bonds is 8. The van der Waals surface area contributed by atoms with Crippen LogP contribution in [0.25, 0.3) is 0 Å². The summed E-state index contributed by atoms with van der Waals surface area (Å²) in [7, 11) is 1.63. The fraction of sp³-hybridized carbons (Fsp3) is 0.304. The Balaban J connectivity index is 1.43. The molecule has 0 N–H and O–H groups in total. The molecule has 0 atom stereocenters. The number of para-hydroxylation sites is 1. The normalized spacial score (nSPS) is 14.8. The second kappa shape index (κ2) is 8.34. The number of aromatic nitrogens is 1. The SMILES string of the molecule is COc1ccccc1Cc1cnc(CC(=O)C2(c3ccc(OC(F)(F)F)cc3)CC2)s1. The Morgan fingerprint density at radius 2 is 1.84 bits per heavy atom. The van der Waals surface area contributed by atoms with Crippen LogP contribution in [0.5, 0.6) is 11.5 Å². The first-order chi connectivity index (χ1) is 14.8. The van der Waals surface area contributed by atoms with Crippen molar-refractivity contribution in [1.29, 1.82) is 0 Å². The van der Waals surface area contributed by atoms with Crippen molar-refractivity contribution in [2.45, 2.75) is 37.5 Å². The molecule has 4 rings (SSSR count). The molecule has 1 aromatic heterocycles. The predicted octanol–water partition coefficient (Wildman–Crippen LogP) is 5.48. The van der Waals surface area contributed by atoms with Gasteiger partial charge in [0.05, 0.1) is 18.9 Å². The predicted molar refractivity (Wildman–Crippen MR) is 111 cm³/mol. The number of methoxy groups -OCH3 is 1. The third-order valence-corrected chi connectivity index (χ3v) is 6.39. The summed E-state index contributed by atoms with van der Waals surface area (Å²) < 4.78 is 46.4. The van der Waals surface area contributed by atoms with E-state index in [9.17, 15) is 18.0 Å². The molecule has 0 bridgehead atoms. The van der Waals surface area contributed by atoms with Crippen LogP contribution in [0.2, 0.25) is 0 Å². The summed E-state index contributed by atoms with van der Waals surface area (Å²) in [4.78, 5) is 18.5. The van der Waals surface area contributed by atoms with Gasteiger partial charge in [-0.25, -0.2) is 4.98 Å². The van der Waals surface area contributed by atoms with Crippen molar-refractivity contribution in [2.24, 2.45) is 0 Å². The van der Waals surface area contributed by atoms with Crippen LogP contribution in [0.1, 0.15) is 33.9 Å². The largest absolute Gasteiger partial charge is 0.573 e. The molecule has 162 valence electrons. The molecule has 0 aliphatic heterocycles. The standard InChI is InChI=1S/C23H20F3NO3S/c1-29-19-5-3-2-4-15(19)12-18-14-27-21(31-18)13-20(28)22(10-11-22)16-6-8-17(9-7-16)30-23(24,25)26/h2-9,14H,10-13H2,1H3. The van der Waals surface area contributed by atoms with Crippen LogP contribution in [0, 0.1) is 0 Å². The number of hydrogen-bond acceptors (Lipinski definition) is 5. The number of Topliss-reactive ketones (excluding diaryl/α,β-unsaturated/α-hetero) is 1. The highest BCUT2D eigenvalue weighted by Gasteiger charge is 2.50. The summed E-state index contributed by atoms with van der Waals surface area (Å²) in [6.07, 6.45) is -0.710. The van der Waals surface area contributed by atoms with Gasteiger partial charge in [0.25, 0.3) is 0 Å². The summed E-state index contributed by atoms with van der Waals surface area (Å²) in [5, 5.41) is 0.734. The quantitative estimate of drug-likeness (QED) is 0.459. The van der Waals surface area contributed by atoms with E-state index in [2.05, 4.69) is 9.72 Å². The van der Waals surface area contributed by atoms with Crippen LogP contribution in [-0.4, -0.2) is 24.2 Å². The van der Waals surface area contributed by atoms with Gasteiger partial charge in [0.15, 0.2) is 0 Å². The third-order valence-electron chi connectivity index (χ3n) is 5.39. The Kier molecular flexibility index (Phi) is 5.75. The molecule has 0 radical (unpaired) electrons. The first-order valence-corrected chi connectivity index (χ1v) is 10.6. The van der Waals surface area contributed by atoms with Crippen molar-refractivity contribution in [3.8, 4) is 11.5 Å². The van der Waals surface area contributed by atoms with Crippen LogP contribution in [-0.2, 0) is 23.1 Å². The smallest absolute Gasteiger partial charge is 0.496 e. The molecule has 0 spiro atoms. The molecule has 2 aromatic carbocycles. The van der Waals surface area contributed by atoms with E-state index >= 15 is 0 Å². The van der Waals surface area contributed by atoms with Gasteiger partial charge in [-0.2, -0.15) is 0 Å². The minimum atomic E-state index is -4.74. The minimum absolute atomic E-state index is 0.0372. The monoisotopic (exact) mass is 447 g/mol. The van der Waals surface area contributed by atoms with Gasteiger partial charge < -0.3 is 9.47 Å². The average molecular weight is 447 g/mol. The lowest BCUT2D eigenvalue weighted by Crippen LogP contribution is -2.22. The fourth-order valence-corrected chi connectivity index (χ4v) is 4.63. The average Bonchev–Trinajstić information content (AvgIpc) is 3.43. The lowest BCUT2D eigenvalue weighted by Gasteiger charge is -2.15. The highest BCUT2D eigenvalue weighted by molar-refractivity contribution is 7.11. The van der Waals surface area contributed by atoms with Gasteiger partial charge in [0.1, 0.15) is 22.3 Å². The maximum atomic E-state index is 13.0. The molecular weight excluding hydrogens is 427 g/mol. The second-order valence-corrected chi connectivity index (χ2v) is 8.66. The number of alkyl halides is 3. The number of benzene rings is 2. The summed E-state index contributed by atoms with van der Waals surface area (Å²) >= 11 is 1.49. The highest BCUT2D eigenvalue weighted by Crippen LogP contribution is 2.50. The van der Waals surface area contributed by atoms with Gasteiger partial charge in [0.2, 0.25) is 0 Å². The molecule has 0 amide bonds. The topological polar surface area (TPSA) is 48.4 Å². The van der Waals surface area contributed by atoms with E-state index in [1.807, 2.05) is 24.3 Å². The fourth-order valence-electron chi connectivity index (χ4n) is 3.68. The van der Waals surface area contributed by atoms with Crippen molar-refractivity contribution >= 4 is 17.1 Å². The molecule has 31 heavy (non-hydrogen) atoms. The Morgan fingerprint density at radius 1 is 1.13 bits per heavy atom. The van der Waals surface area contributed by atoms with Gasteiger partial charge >= 0.3 is 6.36 Å². The molecule has 1 saturated carbocycles. The number of thiazole rings is 1. The van der Waals surface area contributed by atoms with Crippen molar-refractivity contribution in [3.05, 3.63) is 75.7 Å². The van der Waals surface area contributed by atoms with E-state index in [1.54, 1.807) is 25.4 Å². The van der Waals surface area contributed by atoms with Gasteiger partial charge in [-0.05, 0) is 42.2 Å². The number of hydrogen-bond donors (Lipinski definition) is 0. The van der Waals surface area contributed by atoms with E-state index in [1.165, 1.54) is 23.5 Å². The molecule has 8 heteroatoms. The first kappa shape index (κ1) is 21.4. The molecule has 0 unspecified atom stereocenters. The van der Waals surface area contributed by atoms with E-state index in [-0.39, 0.29) is 18.0 Å². The van der Waals surface area contributed by atoms with E-state index < -0.39 is 11.8 Å². The number of ether oxygens (including phenoxy) is 2. The zero-order chi connectivity index (χ0) is 22.1. The van der Waals surface area contributed by atoms with Crippen LogP contribution >= 0.6 is 11.3 Å². The van der Waals surface area contributed by atoms with E-state index in [0.29, 0.717) is 19.3 Å². The number of nitrogens with zero attached hydrogens (tertiary/aromatic N) is 1. The minimum Gasteiger partial charge on any atom is -0.496 e. The summed E-state index contributed by atoms with van der Waals surface area (Å²) in [6, 6.07) is 13.4. The van der Waals surface area contributed by atoms with Crippen LogP contribution < -0.4 is 9.47 Å². The van der Waals surface area contributed by atoms with Crippen LogP contribution in [0.15, 0.2) is 54.7 Å². The molecule has 1 aliphatic carbocycles. The zero-order valence-corrected chi connectivity index (χ0v) is 17.6. The zero-order valence-electron chi connectivity index (χ0n) is 16.7. The maximum absolute atomic E-state index is 13.0. The summed E-state index contributed by atoms with van der Waals surface area (Å²) in [6.45, 7) is 0. The highest BCUT2D eigenvalue weighted by atomic mass is 32.1. The van der Waals surface area contributed by atoms with E-state index in [0.717, 1.165) is 26.8 Å². The van der Waals surface area contributed by atoms with Crippen molar-refractivity contribution in [2.75, 3.05) is 7.11 Å². The Hall–Kier alpha value is -2.87. The molecule has 0 saturated heterocycles. The molecule has 1 aliphatic rings. The number of carbonyl (C=O) groups is 1. The van der Waals surface area contributed by atoms with Gasteiger partial charge in [-0.1, -0.05) is 30.3 Å². The molecule has 1 fully saturated rings. The number of halogens is 3.